The number of hydrogen-bond donors (Lipinski definition) is 2. The first kappa shape index (κ1) is 20.3. The van der Waals surface area contributed by atoms with Crippen molar-refractivity contribution >= 4 is 29.1 Å². The van der Waals surface area contributed by atoms with Gasteiger partial charge in [-0.3, -0.25) is 14.4 Å². The third-order valence-electron chi connectivity index (χ3n) is 3.69. The third kappa shape index (κ3) is 4.23. The second-order valence-corrected chi connectivity index (χ2v) is 5.66. The summed E-state index contributed by atoms with van der Waals surface area (Å²) in [7, 11) is 0. The Morgan fingerprint density at radius 3 is 2.33 bits per heavy atom. The summed E-state index contributed by atoms with van der Waals surface area (Å²) in [6.45, 7) is 3.42. The van der Waals surface area contributed by atoms with Gasteiger partial charge in [-0.05, 0) is 13.8 Å². The number of rotatable bonds is 5. The number of likely N-dealkylation sites (N-methyl/N-ethyl adjacent to an activating group) is 1. The standard InChI is InChI=1S/C16H16F4N4O3/c1-3-21-15(26)7(2)22-16(27)10-4-5-11(25)24(23-10)14-12(19)8(17)6-9(18)13(14)20/h6-7H,3-5H2,1-2H3,(H,21,26)(H,22,27)/t7-/m0/s1. The summed E-state index contributed by atoms with van der Waals surface area (Å²) < 4.78 is 54.7. The minimum absolute atomic E-state index is 0.00601. The molecule has 3 amide bonds. The van der Waals surface area contributed by atoms with Crippen molar-refractivity contribution in [2.75, 3.05) is 11.6 Å². The van der Waals surface area contributed by atoms with Gasteiger partial charge >= 0.3 is 0 Å². The van der Waals surface area contributed by atoms with Gasteiger partial charge < -0.3 is 10.6 Å². The van der Waals surface area contributed by atoms with Crippen molar-refractivity contribution in [3.05, 3.63) is 29.3 Å². The fraction of sp³-hybridized carbons (Fsp3) is 0.375. The van der Waals surface area contributed by atoms with Crippen LogP contribution >= 0.6 is 0 Å². The number of carbonyl (C=O) groups excluding carboxylic acids is 3. The maximum absolute atomic E-state index is 13.9. The molecule has 7 nitrogen and oxygen atoms in total. The topological polar surface area (TPSA) is 90.9 Å². The van der Waals surface area contributed by atoms with Crippen LogP contribution in [0.2, 0.25) is 0 Å². The van der Waals surface area contributed by atoms with Crippen LogP contribution in [0.25, 0.3) is 0 Å². The largest absolute Gasteiger partial charge is 0.355 e. The molecule has 0 spiro atoms. The maximum atomic E-state index is 13.9. The van der Waals surface area contributed by atoms with E-state index in [1.54, 1.807) is 6.92 Å². The van der Waals surface area contributed by atoms with Crippen molar-refractivity contribution in [2.45, 2.75) is 32.7 Å². The lowest BCUT2D eigenvalue weighted by atomic mass is 10.1. The molecule has 1 atom stereocenters. The molecule has 1 aliphatic heterocycles. The van der Waals surface area contributed by atoms with Crippen molar-refractivity contribution in [1.82, 2.24) is 10.6 Å². The molecular formula is C16H16F4N4O3. The molecular weight excluding hydrogens is 372 g/mol. The van der Waals surface area contributed by atoms with E-state index in [0.29, 0.717) is 6.54 Å². The molecule has 0 bridgehead atoms. The lowest BCUT2D eigenvalue weighted by Crippen LogP contribution is -2.48. The number of benzene rings is 1. The Kier molecular flexibility index (Phi) is 6.13. The van der Waals surface area contributed by atoms with Crippen LogP contribution in [-0.4, -0.2) is 36.0 Å². The van der Waals surface area contributed by atoms with Gasteiger partial charge in [0.25, 0.3) is 5.91 Å². The molecule has 0 aliphatic carbocycles. The first-order chi connectivity index (χ1) is 12.7. The second kappa shape index (κ2) is 8.14. The molecule has 0 saturated carbocycles. The molecule has 2 N–H and O–H groups in total. The van der Waals surface area contributed by atoms with Crippen molar-refractivity contribution < 1.29 is 31.9 Å². The highest BCUT2D eigenvalue weighted by Gasteiger charge is 2.33. The molecule has 0 radical (unpaired) electrons. The number of carbonyl (C=O) groups is 3. The van der Waals surface area contributed by atoms with Crippen LogP contribution in [0.3, 0.4) is 0 Å². The fourth-order valence-corrected chi connectivity index (χ4v) is 2.31. The summed E-state index contributed by atoms with van der Waals surface area (Å²) in [4.78, 5) is 35.8. The number of nitrogens with zero attached hydrogens (tertiary/aromatic N) is 2. The minimum atomic E-state index is -1.82. The SMILES string of the molecule is CCNC(=O)[C@H](C)NC(=O)C1=NN(c2c(F)c(F)cc(F)c2F)C(=O)CC1. The van der Waals surface area contributed by atoms with Gasteiger partial charge in [-0.1, -0.05) is 0 Å². The molecule has 1 aromatic carbocycles. The summed E-state index contributed by atoms with van der Waals surface area (Å²) in [5.74, 6) is -9.34. The maximum Gasteiger partial charge on any atom is 0.268 e. The molecule has 146 valence electrons. The lowest BCUT2D eigenvalue weighted by molar-refractivity contribution is -0.126. The number of hydrogen-bond acceptors (Lipinski definition) is 4. The molecule has 1 heterocycles. The van der Waals surface area contributed by atoms with Gasteiger partial charge in [-0.25, -0.2) is 17.6 Å². The van der Waals surface area contributed by atoms with Crippen LogP contribution in [0.5, 0.6) is 0 Å². The van der Waals surface area contributed by atoms with Crippen LogP contribution in [-0.2, 0) is 14.4 Å². The van der Waals surface area contributed by atoms with Gasteiger partial charge in [0, 0.05) is 25.5 Å². The van der Waals surface area contributed by atoms with E-state index in [4.69, 9.17) is 0 Å². The zero-order valence-corrected chi connectivity index (χ0v) is 14.4. The van der Waals surface area contributed by atoms with Crippen LogP contribution in [0.1, 0.15) is 26.7 Å². The summed E-state index contributed by atoms with van der Waals surface area (Å²) in [5, 5.41) is 8.46. The Morgan fingerprint density at radius 1 is 1.19 bits per heavy atom. The minimum Gasteiger partial charge on any atom is -0.355 e. The molecule has 1 aliphatic rings. The quantitative estimate of drug-likeness (QED) is 0.590. The highest BCUT2D eigenvalue weighted by atomic mass is 19.2. The predicted molar refractivity (Wildman–Crippen MR) is 86.7 cm³/mol. The molecule has 1 aromatic rings. The van der Waals surface area contributed by atoms with E-state index < -0.39 is 52.7 Å². The van der Waals surface area contributed by atoms with Crippen molar-refractivity contribution in [2.24, 2.45) is 5.10 Å². The van der Waals surface area contributed by atoms with Crippen molar-refractivity contribution in [3.63, 3.8) is 0 Å². The Morgan fingerprint density at radius 2 is 1.78 bits per heavy atom. The van der Waals surface area contributed by atoms with E-state index in [0.717, 1.165) is 0 Å². The van der Waals surface area contributed by atoms with E-state index >= 15 is 0 Å². The van der Waals surface area contributed by atoms with Gasteiger partial charge in [0.15, 0.2) is 23.3 Å². The Balaban J connectivity index is 2.33. The number of hydrazone groups is 1. The lowest BCUT2D eigenvalue weighted by Gasteiger charge is -2.24. The van der Waals surface area contributed by atoms with Gasteiger partial charge in [-0.15, -0.1) is 0 Å². The average molecular weight is 388 g/mol. The highest BCUT2D eigenvalue weighted by molar-refractivity contribution is 6.40. The van der Waals surface area contributed by atoms with Crippen molar-refractivity contribution in [3.8, 4) is 0 Å². The molecule has 0 unspecified atom stereocenters. The van der Waals surface area contributed by atoms with Crippen LogP contribution in [0.4, 0.5) is 23.2 Å². The molecule has 27 heavy (non-hydrogen) atoms. The van der Waals surface area contributed by atoms with E-state index in [1.165, 1.54) is 6.92 Å². The summed E-state index contributed by atoms with van der Waals surface area (Å²) in [6.07, 6.45) is -0.552. The van der Waals surface area contributed by atoms with Crippen LogP contribution in [0, 0.1) is 23.3 Å². The fourth-order valence-electron chi connectivity index (χ4n) is 2.31. The van der Waals surface area contributed by atoms with Gasteiger partial charge in [0.1, 0.15) is 17.4 Å². The molecule has 2 rings (SSSR count). The van der Waals surface area contributed by atoms with Crippen LogP contribution in [0.15, 0.2) is 11.2 Å². The Hall–Kier alpha value is -2.98. The van der Waals surface area contributed by atoms with E-state index in [2.05, 4.69) is 15.7 Å². The number of halogens is 4. The third-order valence-corrected chi connectivity index (χ3v) is 3.69. The van der Waals surface area contributed by atoms with Gasteiger partial charge in [0.05, 0.1) is 0 Å². The average Bonchev–Trinajstić information content (AvgIpc) is 2.61. The van der Waals surface area contributed by atoms with Crippen LogP contribution < -0.4 is 15.6 Å². The van der Waals surface area contributed by atoms with Crippen molar-refractivity contribution in [1.29, 1.82) is 0 Å². The molecule has 0 aromatic heterocycles. The zero-order chi connectivity index (χ0) is 20.3. The number of amides is 3. The summed E-state index contributed by atoms with van der Waals surface area (Å²) >= 11 is 0. The highest BCUT2D eigenvalue weighted by Crippen LogP contribution is 2.30. The van der Waals surface area contributed by atoms with Gasteiger partial charge in [-0.2, -0.15) is 10.1 Å². The molecule has 0 saturated heterocycles. The second-order valence-electron chi connectivity index (χ2n) is 5.66. The van der Waals surface area contributed by atoms with Gasteiger partial charge in [0.2, 0.25) is 11.8 Å². The summed E-state index contributed by atoms with van der Waals surface area (Å²) in [6, 6.07) is -0.945. The number of anilines is 1. The Bertz CT molecular complexity index is 802. The first-order valence-corrected chi connectivity index (χ1v) is 7.99. The normalized spacial score (nSPS) is 15.3. The summed E-state index contributed by atoms with van der Waals surface area (Å²) in [5.41, 5.74) is -1.67. The zero-order valence-electron chi connectivity index (χ0n) is 14.4. The van der Waals surface area contributed by atoms with E-state index in [1.807, 2.05) is 0 Å². The molecule has 11 heteroatoms. The number of nitrogens with one attached hydrogen (secondary N) is 2. The predicted octanol–water partition coefficient (Wildman–Crippen LogP) is 1.37. The first-order valence-electron chi connectivity index (χ1n) is 7.99. The Labute approximate surface area is 151 Å². The monoisotopic (exact) mass is 388 g/mol. The smallest absolute Gasteiger partial charge is 0.268 e. The van der Waals surface area contributed by atoms with E-state index in [-0.39, 0.29) is 29.6 Å². The molecule has 0 fully saturated rings. The van der Waals surface area contributed by atoms with E-state index in [9.17, 15) is 31.9 Å².